The molecule has 5 heteroatoms. The van der Waals surface area contributed by atoms with Gasteiger partial charge in [0.1, 0.15) is 5.69 Å². The van der Waals surface area contributed by atoms with Crippen LogP contribution in [0, 0.1) is 17.0 Å². The number of nitro groups is 1. The zero-order valence-corrected chi connectivity index (χ0v) is 11.5. The first-order valence-electron chi connectivity index (χ1n) is 6.79. The second-order valence-electron chi connectivity index (χ2n) is 5.26. The van der Waals surface area contributed by atoms with Crippen LogP contribution in [0.15, 0.2) is 18.2 Å². The molecule has 0 bridgehead atoms. The third-order valence-corrected chi connectivity index (χ3v) is 3.84. The van der Waals surface area contributed by atoms with Crippen molar-refractivity contribution in [3.05, 3.63) is 33.9 Å². The molecule has 2 rings (SSSR count). The van der Waals surface area contributed by atoms with Crippen molar-refractivity contribution in [1.82, 2.24) is 5.32 Å². The second kappa shape index (κ2) is 6.02. The van der Waals surface area contributed by atoms with Gasteiger partial charge in [0.25, 0.3) is 5.69 Å². The van der Waals surface area contributed by atoms with Crippen molar-refractivity contribution in [1.29, 1.82) is 0 Å². The van der Waals surface area contributed by atoms with Crippen LogP contribution in [0.1, 0.15) is 31.2 Å². The van der Waals surface area contributed by atoms with Gasteiger partial charge in [0, 0.05) is 18.2 Å². The SMILES string of the molecule is CNC1CCC(Nc2ccc(C)cc2[N+](=O)[O-])CC1. The van der Waals surface area contributed by atoms with Crippen LogP contribution in [0.25, 0.3) is 0 Å². The number of anilines is 1. The normalized spacial score (nSPS) is 23.1. The van der Waals surface area contributed by atoms with Gasteiger partial charge in [-0.1, -0.05) is 6.07 Å². The summed E-state index contributed by atoms with van der Waals surface area (Å²) in [5.74, 6) is 0. The molecule has 1 aromatic carbocycles. The molecule has 0 saturated heterocycles. The van der Waals surface area contributed by atoms with E-state index in [0.29, 0.717) is 17.8 Å². The fraction of sp³-hybridized carbons (Fsp3) is 0.571. The molecule has 1 saturated carbocycles. The number of nitrogens with zero attached hydrogens (tertiary/aromatic N) is 1. The smallest absolute Gasteiger partial charge is 0.292 e. The summed E-state index contributed by atoms with van der Waals surface area (Å²) in [7, 11) is 1.99. The molecule has 0 heterocycles. The van der Waals surface area contributed by atoms with E-state index in [1.54, 1.807) is 6.07 Å². The van der Waals surface area contributed by atoms with Crippen LogP contribution in [0.5, 0.6) is 0 Å². The summed E-state index contributed by atoms with van der Waals surface area (Å²) in [4.78, 5) is 10.8. The highest BCUT2D eigenvalue weighted by Gasteiger charge is 2.22. The van der Waals surface area contributed by atoms with Gasteiger partial charge in [-0.3, -0.25) is 10.1 Å². The summed E-state index contributed by atoms with van der Waals surface area (Å²) in [6.07, 6.45) is 4.34. The lowest BCUT2D eigenvalue weighted by Gasteiger charge is -2.29. The molecule has 19 heavy (non-hydrogen) atoms. The topological polar surface area (TPSA) is 67.2 Å². The fourth-order valence-corrected chi connectivity index (χ4v) is 2.66. The monoisotopic (exact) mass is 263 g/mol. The van der Waals surface area contributed by atoms with E-state index >= 15 is 0 Å². The van der Waals surface area contributed by atoms with Crippen molar-refractivity contribution in [2.75, 3.05) is 12.4 Å². The molecule has 0 amide bonds. The fourth-order valence-electron chi connectivity index (χ4n) is 2.66. The number of aryl methyl sites for hydroxylation is 1. The number of rotatable bonds is 4. The largest absolute Gasteiger partial charge is 0.377 e. The molecule has 1 fully saturated rings. The number of benzene rings is 1. The van der Waals surface area contributed by atoms with Gasteiger partial charge in [0.15, 0.2) is 0 Å². The van der Waals surface area contributed by atoms with Gasteiger partial charge in [0.2, 0.25) is 0 Å². The van der Waals surface area contributed by atoms with Gasteiger partial charge in [-0.2, -0.15) is 0 Å². The van der Waals surface area contributed by atoms with E-state index in [2.05, 4.69) is 10.6 Å². The average Bonchev–Trinajstić information content (AvgIpc) is 2.41. The Morgan fingerprint density at radius 1 is 1.21 bits per heavy atom. The van der Waals surface area contributed by atoms with Crippen molar-refractivity contribution >= 4 is 11.4 Å². The maximum Gasteiger partial charge on any atom is 0.292 e. The Labute approximate surface area is 113 Å². The quantitative estimate of drug-likeness (QED) is 0.647. The van der Waals surface area contributed by atoms with Gasteiger partial charge >= 0.3 is 0 Å². The van der Waals surface area contributed by atoms with Gasteiger partial charge in [-0.05, 0) is 51.3 Å². The number of nitrogens with one attached hydrogen (secondary N) is 2. The van der Waals surface area contributed by atoms with Crippen LogP contribution in [-0.4, -0.2) is 24.1 Å². The number of hydrogen-bond donors (Lipinski definition) is 2. The Balaban J connectivity index is 2.05. The lowest BCUT2D eigenvalue weighted by Crippen LogP contribution is -2.35. The first-order valence-corrected chi connectivity index (χ1v) is 6.79. The molecule has 0 aliphatic heterocycles. The highest BCUT2D eigenvalue weighted by atomic mass is 16.6. The van der Waals surface area contributed by atoms with Crippen LogP contribution in [0.4, 0.5) is 11.4 Å². The molecule has 104 valence electrons. The first kappa shape index (κ1) is 13.8. The van der Waals surface area contributed by atoms with E-state index in [0.717, 1.165) is 31.2 Å². The third kappa shape index (κ3) is 3.44. The van der Waals surface area contributed by atoms with Crippen molar-refractivity contribution < 1.29 is 4.92 Å². The molecule has 0 radical (unpaired) electrons. The Hall–Kier alpha value is -1.62. The van der Waals surface area contributed by atoms with E-state index < -0.39 is 0 Å². The predicted octanol–water partition coefficient (Wildman–Crippen LogP) is 2.85. The molecule has 0 aromatic heterocycles. The van der Waals surface area contributed by atoms with E-state index in [1.165, 1.54) is 0 Å². The minimum atomic E-state index is -0.311. The Bertz CT molecular complexity index is 454. The van der Waals surface area contributed by atoms with E-state index in [-0.39, 0.29) is 10.6 Å². The Morgan fingerprint density at radius 3 is 2.42 bits per heavy atom. The first-order chi connectivity index (χ1) is 9.10. The van der Waals surface area contributed by atoms with Crippen LogP contribution in [-0.2, 0) is 0 Å². The predicted molar refractivity (Wildman–Crippen MR) is 76.6 cm³/mol. The van der Waals surface area contributed by atoms with Gasteiger partial charge < -0.3 is 10.6 Å². The molecule has 1 aliphatic rings. The molecule has 0 spiro atoms. The van der Waals surface area contributed by atoms with Crippen LogP contribution < -0.4 is 10.6 Å². The maximum atomic E-state index is 11.1. The minimum absolute atomic E-state index is 0.177. The minimum Gasteiger partial charge on any atom is -0.377 e. The molecule has 1 aromatic rings. The summed E-state index contributed by atoms with van der Waals surface area (Å²) in [5, 5.41) is 17.7. The van der Waals surface area contributed by atoms with Crippen LogP contribution in [0.3, 0.4) is 0 Å². The van der Waals surface area contributed by atoms with Crippen LogP contribution in [0.2, 0.25) is 0 Å². The zero-order chi connectivity index (χ0) is 13.8. The maximum absolute atomic E-state index is 11.1. The average molecular weight is 263 g/mol. The number of nitro benzene ring substituents is 1. The van der Waals surface area contributed by atoms with Gasteiger partial charge in [0.05, 0.1) is 4.92 Å². The van der Waals surface area contributed by atoms with Crippen molar-refractivity contribution in [2.45, 2.75) is 44.7 Å². The molecule has 0 unspecified atom stereocenters. The summed E-state index contributed by atoms with van der Waals surface area (Å²) in [6, 6.07) is 6.28. The summed E-state index contributed by atoms with van der Waals surface area (Å²) in [5.41, 5.74) is 1.73. The van der Waals surface area contributed by atoms with Crippen molar-refractivity contribution in [3.63, 3.8) is 0 Å². The molecule has 0 atom stereocenters. The molecule has 1 aliphatic carbocycles. The summed E-state index contributed by atoms with van der Waals surface area (Å²) < 4.78 is 0. The Kier molecular flexibility index (Phi) is 4.37. The second-order valence-corrected chi connectivity index (χ2v) is 5.26. The van der Waals surface area contributed by atoms with Crippen molar-refractivity contribution in [2.24, 2.45) is 0 Å². The summed E-state index contributed by atoms with van der Waals surface area (Å²) in [6.45, 7) is 1.87. The van der Waals surface area contributed by atoms with E-state index in [9.17, 15) is 10.1 Å². The van der Waals surface area contributed by atoms with Crippen molar-refractivity contribution in [3.8, 4) is 0 Å². The molecule has 2 N–H and O–H groups in total. The highest BCUT2D eigenvalue weighted by Crippen LogP contribution is 2.29. The van der Waals surface area contributed by atoms with Gasteiger partial charge in [-0.15, -0.1) is 0 Å². The molecular formula is C14H21N3O2. The lowest BCUT2D eigenvalue weighted by molar-refractivity contribution is -0.384. The third-order valence-electron chi connectivity index (χ3n) is 3.84. The molecule has 5 nitrogen and oxygen atoms in total. The molecular weight excluding hydrogens is 242 g/mol. The standard InChI is InChI=1S/C14H21N3O2/c1-10-3-8-13(14(9-10)17(18)19)16-12-6-4-11(15-2)5-7-12/h3,8-9,11-12,15-16H,4-7H2,1-2H3. The Morgan fingerprint density at radius 2 is 1.84 bits per heavy atom. The highest BCUT2D eigenvalue weighted by molar-refractivity contribution is 5.63. The zero-order valence-electron chi connectivity index (χ0n) is 11.5. The van der Waals surface area contributed by atoms with Gasteiger partial charge in [-0.25, -0.2) is 0 Å². The van der Waals surface area contributed by atoms with E-state index in [1.807, 2.05) is 26.1 Å². The summed E-state index contributed by atoms with van der Waals surface area (Å²) >= 11 is 0. The van der Waals surface area contributed by atoms with Crippen LogP contribution >= 0.6 is 0 Å². The lowest BCUT2D eigenvalue weighted by atomic mass is 9.91. The number of hydrogen-bond acceptors (Lipinski definition) is 4. The van der Waals surface area contributed by atoms with E-state index in [4.69, 9.17) is 0 Å².